The van der Waals surface area contributed by atoms with Crippen LogP contribution in [0.1, 0.15) is 11.1 Å². The van der Waals surface area contributed by atoms with Crippen LogP contribution in [0.3, 0.4) is 0 Å². The molecule has 0 spiro atoms. The molecule has 0 saturated heterocycles. The number of aryl methyl sites for hydroxylation is 1. The third-order valence-electron chi connectivity index (χ3n) is 3.15. The van der Waals surface area contributed by atoms with Crippen molar-refractivity contribution in [3.05, 3.63) is 47.5 Å². The zero-order chi connectivity index (χ0) is 15.9. The van der Waals surface area contributed by atoms with Crippen LogP contribution in [-0.4, -0.2) is 27.5 Å². The highest BCUT2D eigenvalue weighted by Crippen LogP contribution is 2.38. The average molecular weight is 300 g/mol. The fraction of sp³-hybridized carbons (Fsp3) is 0.235. The average Bonchev–Trinajstić information content (AvgIpc) is 2.54. The summed E-state index contributed by atoms with van der Waals surface area (Å²) in [6.45, 7) is 2.03. The maximum absolute atomic E-state index is 5.41. The third-order valence-corrected chi connectivity index (χ3v) is 3.15. The summed E-state index contributed by atoms with van der Waals surface area (Å²) >= 11 is 0. The summed E-state index contributed by atoms with van der Waals surface area (Å²) in [6.07, 6.45) is 1.68. The number of hydrogen-bond donors (Lipinski definition) is 1. The Morgan fingerprint density at radius 3 is 2.36 bits per heavy atom. The van der Waals surface area contributed by atoms with Crippen molar-refractivity contribution < 1.29 is 14.2 Å². The summed E-state index contributed by atoms with van der Waals surface area (Å²) in [4.78, 5) is 0. The van der Waals surface area contributed by atoms with Crippen LogP contribution in [0.4, 0.5) is 5.69 Å². The van der Waals surface area contributed by atoms with E-state index in [1.165, 1.54) is 5.56 Å². The van der Waals surface area contributed by atoms with Crippen molar-refractivity contribution in [2.24, 2.45) is 5.10 Å². The maximum atomic E-state index is 5.41. The molecule has 0 amide bonds. The number of ether oxygens (including phenoxy) is 3. The first-order valence-electron chi connectivity index (χ1n) is 6.84. The van der Waals surface area contributed by atoms with E-state index < -0.39 is 0 Å². The van der Waals surface area contributed by atoms with Crippen molar-refractivity contribution in [2.75, 3.05) is 26.8 Å². The second-order valence-corrected chi connectivity index (χ2v) is 4.66. The molecule has 0 radical (unpaired) electrons. The van der Waals surface area contributed by atoms with E-state index in [9.17, 15) is 0 Å². The number of benzene rings is 2. The van der Waals surface area contributed by atoms with Crippen molar-refractivity contribution >= 4 is 11.9 Å². The second-order valence-electron chi connectivity index (χ2n) is 4.66. The molecule has 5 nitrogen and oxygen atoms in total. The molecular weight excluding hydrogens is 280 g/mol. The van der Waals surface area contributed by atoms with Gasteiger partial charge in [-0.25, -0.2) is 0 Å². The molecule has 0 unspecified atom stereocenters. The van der Waals surface area contributed by atoms with E-state index in [2.05, 4.69) is 10.5 Å². The number of hydrazone groups is 1. The van der Waals surface area contributed by atoms with E-state index in [-0.39, 0.29) is 0 Å². The predicted octanol–water partition coefficient (Wildman–Crippen LogP) is 3.47. The minimum atomic E-state index is 0.546. The number of methoxy groups -OCH3 is 3. The topological polar surface area (TPSA) is 52.1 Å². The van der Waals surface area contributed by atoms with E-state index >= 15 is 0 Å². The Labute approximate surface area is 130 Å². The zero-order valence-corrected chi connectivity index (χ0v) is 13.2. The van der Waals surface area contributed by atoms with Crippen molar-refractivity contribution in [3.8, 4) is 17.2 Å². The Bertz CT molecular complexity index is 669. The third kappa shape index (κ3) is 3.49. The smallest absolute Gasteiger partial charge is 0.203 e. The fourth-order valence-corrected chi connectivity index (χ4v) is 2.12. The number of nitrogens with zero attached hydrogens (tertiary/aromatic N) is 1. The number of hydrogen-bond acceptors (Lipinski definition) is 5. The number of rotatable bonds is 6. The summed E-state index contributed by atoms with van der Waals surface area (Å²) in [7, 11) is 4.75. The molecule has 1 N–H and O–H groups in total. The fourth-order valence-electron chi connectivity index (χ4n) is 2.12. The van der Waals surface area contributed by atoms with Crippen LogP contribution >= 0.6 is 0 Å². The number of anilines is 1. The molecule has 0 bridgehead atoms. The van der Waals surface area contributed by atoms with E-state index in [1.54, 1.807) is 27.5 Å². The first-order valence-corrected chi connectivity index (χ1v) is 6.84. The molecule has 0 aliphatic rings. The van der Waals surface area contributed by atoms with Crippen LogP contribution in [0.15, 0.2) is 41.5 Å². The lowest BCUT2D eigenvalue weighted by molar-refractivity contribution is 0.324. The summed E-state index contributed by atoms with van der Waals surface area (Å²) in [5.74, 6) is 1.74. The first-order chi connectivity index (χ1) is 10.7. The van der Waals surface area contributed by atoms with Gasteiger partial charge in [0.25, 0.3) is 0 Å². The summed E-state index contributed by atoms with van der Waals surface area (Å²) < 4.78 is 16.0. The van der Waals surface area contributed by atoms with Crippen molar-refractivity contribution in [2.45, 2.75) is 6.92 Å². The molecule has 2 aromatic carbocycles. The van der Waals surface area contributed by atoms with Gasteiger partial charge in [0.1, 0.15) is 0 Å². The lowest BCUT2D eigenvalue weighted by Gasteiger charge is -2.13. The first kappa shape index (κ1) is 15.7. The zero-order valence-electron chi connectivity index (χ0n) is 13.2. The highest BCUT2D eigenvalue weighted by molar-refractivity contribution is 5.86. The van der Waals surface area contributed by atoms with Crippen LogP contribution in [0, 0.1) is 6.92 Å². The van der Waals surface area contributed by atoms with Crippen LogP contribution in [0.25, 0.3) is 0 Å². The Morgan fingerprint density at radius 2 is 1.73 bits per heavy atom. The molecule has 22 heavy (non-hydrogen) atoms. The summed E-state index contributed by atoms with van der Waals surface area (Å²) in [6, 6.07) is 11.7. The van der Waals surface area contributed by atoms with Gasteiger partial charge in [0.2, 0.25) is 5.75 Å². The quantitative estimate of drug-likeness (QED) is 0.655. The monoisotopic (exact) mass is 300 g/mol. The molecule has 0 aliphatic heterocycles. The van der Waals surface area contributed by atoms with Gasteiger partial charge in [0.15, 0.2) is 11.5 Å². The normalized spacial score (nSPS) is 10.5. The van der Waals surface area contributed by atoms with Crippen molar-refractivity contribution in [1.29, 1.82) is 0 Å². The molecular formula is C17H20N2O3. The van der Waals surface area contributed by atoms with Gasteiger partial charge in [-0.05, 0) is 36.8 Å². The molecule has 0 aromatic heterocycles. The Balaban J connectivity index is 2.23. The van der Waals surface area contributed by atoms with Gasteiger partial charge in [-0.15, -0.1) is 0 Å². The molecule has 116 valence electrons. The van der Waals surface area contributed by atoms with Gasteiger partial charge in [0.05, 0.1) is 33.2 Å². The predicted molar refractivity (Wildman–Crippen MR) is 88.5 cm³/mol. The molecule has 0 atom stereocenters. The van der Waals surface area contributed by atoms with Crippen LogP contribution in [0.2, 0.25) is 0 Å². The second kappa shape index (κ2) is 7.36. The minimum Gasteiger partial charge on any atom is -0.493 e. The molecule has 2 aromatic rings. The Kier molecular flexibility index (Phi) is 5.25. The van der Waals surface area contributed by atoms with E-state index in [4.69, 9.17) is 14.2 Å². The SMILES string of the molecule is COc1ccc(/C=N\Nc2cccc(C)c2)c(OC)c1OC. The summed E-state index contributed by atoms with van der Waals surface area (Å²) in [5.41, 5.74) is 5.88. The van der Waals surface area contributed by atoms with Gasteiger partial charge in [-0.1, -0.05) is 12.1 Å². The highest BCUT2D eigenvalue weighted by atomic mass is 16.5. The maximum Gasteiger partial charge on any atom is 0.203 e. The van der Waals surface area contributed by atoms with Crippen LogP contribution < -0.4 is 19.6 Å². The van der Waals surface area contributed by atoms with Gasteiger partial charge >= 0.3 is 0 Å². The minimum absolute atomic E-state index is 0.546. The highest BCUT2D eigenvalue weighted by Gasteiger charge is 2.14. The molecule has 0 fully saturated rings. The van der Waals surface area contributed by atoms with Crippen molar-refractivity contribution in [1.82, 2.24) is 0 Å². The molecule has 2 rings (SSSR count). The van der Waals surface area contributed by atoms with E-state index in [0.717, 1.165) is 11.3 Å². The molecule has 5 heteroatoms. The lowest BCUT2D eigenvalue weighted by atomic mass is 10.2. The van der Waals surface area contributed by atoms with Crippen molar-refractivity contribution in [3.63, 3.8) is 0 Å². The Morgan fingerprint density at radius 1 is 0.955 bits per heavy atom. The summed E-state index contributed by atoms with van der Waals surface area (Å²) in [5, 5.41) is 4.24. The van der Waals surface area contributed by atoms with Gasteiger partial charge in [0, 0.05) is 5.56 Å². The van der Waals surface area contributed by atoms with Crippen LogP contribution in [0.5, 0.6) is 17.2 Å². The van der Waals surface area contributed by atoms with Gasteiger partial charge < -0.3 is 14.2 Å². The van der Waals surface area contributed by atoms with Gasteiger partial charge in [-0.3, -0.25) is 5.43 Å². The molecule has 0 saturated carbocycles. The number of nitrogens with one attached hydrogen (secondary N) is 1. The molecule has 0 aliphatic carbocycles. The molecule has 0 heterocycles. The van der Waals surface area contributed by atoms with Crippen LogP contribution in [-0.2, 0) is 0 Å². The Hall–Kier alpha value is -2.69. The standard InChI is InChI=1S/C17H20N2O3/c1-12-6-5-7-14(10-12)19-18-11-13-8-9-15(20-2)17(22-4)16(13)21-3/h5-11,19H,1-4H3/b18-11-. The van der Waals surface area contributed by atoms with E-state index in [0.29, 0.717) is 17.2 Å². The lowest BCUT2D eigenvalue weighted by Crippen LogP contribution is -1.99. The van der Waals surface area contributed by atoms with E-state index in [1.807, 2.05) is 43.3 Å². The largest absolute Gasteiger partial charge is 0.493 e. The van der Waals surface area contributed by atoms with Gasteiger partial charge in [-0.2, -0.15) is 5.10 Å².